The molecule has 0 bridgehead atoms. The van der Waals surface area contributed by atoms with E-state index < -0.39 is 0 Å². The average Bonchev–Trinajstić information content (AvgIpc) is 2.81. The predicted molar refractivity (Wildman–Crippen MR) is 47.8 cm³/mol. The van der Waals surface area contributed by atoms with Gasteiger partial charge in [0.2, 0.25) is 0 Å². The summed E-state index contributed by atoms with van der Waals surface area (Å²) in [4.78, 5) is 4.10. The average molecular weight is 155 g/mol. The molecule has 0 unspecified atom stereocenters. The second kappa shape index (κ2) is 4.21. The van der Waals surface area contributed by atoms with E-state index >= 15 is 0 Å². The van der Waals surface area contributed by atoms with Gasteiger partial charge in [-0.05, 0) is 19.3 Å². The van der Waals surface area contributed by atoms with Gasteiger partial charge in [0, 0.05) is 19.6 Å². The van der Waals surface area contributed by atoms with Crippen LogP contribution in [-0.2, 0) is 0 Å². The predicted octanol–water partition coefficient (Wildman–Crippen LogP) is 0.724. The molecule has 0 atom stereocenters. The van der Waals surface area contributed by atoms with Crippen molar-refractivity contribution in [1.82, 2.24) is 10.6 Å². The summed E-state index contributed by atoms with van der Waals surface area (Å²) in [7, 11) is 1.81. The van der Waals surface area contributed by atoms with Gasteiger partial charge in [-0.3, -0.25) is 4.99 Å². The molecule has 3 heteroatoms. The summed E-state index contributed by atoms with van der Waals surface area (Å²) >= 11 is 0. The Bertz CT molecular complexity index is 138. The lowest BCUT2D eigenvalue weighted by atomic mass is 10.5. The molecular formula is C8H17N3. The van der Waals surface area contributed by atoms with E-state index in [4.69, 9.17) is 0 Å². The number of hydrogen-bond acceptors (Lipinski definition) is 1. The van der Waals surface area contributed by atoms with Crippen LogP contribution in [0.25, 0.3) is 0 Å². The van der Waals surface area contributed by atoms with Crippen molar-refractivity contribution in [2.24, 2.45) is 4.99 Å². The summed E-state index contributed by atoms with van der Waals surface area (Å²) in [6.07, 6.45) is 3.74. The van der Waals surface area contributed by atoms with Crippen LogP contribution < -0.4 is 10.6 Å². The van der Waals surface area contributed by atoms with E-state index in [2.05, 4.69) is 22.5 Å². The Morgan fingerprint density at radius 1 is 1.55 bits per heavy atom. The smallest absolute Gasteiger partial charge is 0.191 e. The van der Waals surface area contributed by atoms with Crippen molar-refractivity contribution < 1.29 is 0 Å². The third kappa shape index (κ3) is 3.25. The first-order valence-corrected chi connectivity index (χ1v) is 4.34. The molecule has 1 aliphatic rings. The Morgan fingerprint density at radius 3 is 2.73 bits per heavy atom. The number of nitrogens with one attached hydrogen (secondary N) is 2. The van der Waals surface area contributed by atoms with E-state index in [1.54, 1.807) is 0 Å². The van der Waals surface area contributed by atoms with Crippen molar-refractivity contribution in [1.29, 1.82) is 0 Å². The summed E-state index contributed by atoms with van der Waals surface area (Å²) < 4.78 is 0. The van der Waals surface area contributed by atoms with Gasteiger partial charge in [-0.15, -0.1) is 0 Å². The summed E-state index contributed by atoms with van der Waals surface area (Å²) in [6.45, 7) is 3.16. The summed E-state index contributed by atoms with van der Waals surface area (Å²) in [5.41, 5.74) is 0. The van der Waals surface area contributed by atoms with Crippen molar-refractivity contribution in [3.8, 4) is 0 Å². The van der Waals surface area contributed by atoms with Crippen LogP contribution in [0, 0.1) is 0 Å². The van der Waals surface area contributed by atoms with Crippen LogP contribution in [0.15, 0.2) is 4.99 Å². The maximum absolute atomic E-state index is 4.10. The van der Waals surface area contributed by atoms with Gasteiger partial charge in [-0.25, -0.2) is 0 Å². The van der Waals surface area contributed by atoms with Crippen molar-refractivity contribution in [2.45, 2.75) is 32.2 Å². The van der Waals surface area contributed by atoms with Crippen LogP contribution in [0.2, 0.25) is 0 Å². The van der Waals surface area contributed by atoms with Crippen molar-refractivity contribution in [3.63, 3.8) is 0 Å². The lowest BCUT2D eigenvalue weighted by Crippen LogP contribution is -2.38. The molecule has 1 rings (SSSR count). The zero-order valence-electron chi connectivity index (χ0n) is 7.35. The second-order valence-electron chi connectivity index (χ2n) is 2.92. The largest absolute Gasteiger partial charge is 0.356 e. The van der Waals surface area contributed by atoms with E-state index in [-0.39, 0.29) is 0 Å². The number of guanidine groups is 1. The highest BCUT2D eigenvalue weighted by atomic mass is 15.2. The maximum Gasteiger partial charge on any atom is 0.191 e. The van der Waals surface area contributed by atoms with Gasteiger partial charge in [-0.1, -0.05) is 6.92 Å². The highest BCUT2D eigenvalue weighted by Gasteiger charge is 2.21. The summed E-state index contributed by atoms with van der Waals surface area (Å²) in [6, 6.07) is 0.693. The fraction of sp³-hybridized carbons (Fsp3) is 0.875. The van der Waals surface area contributed by atoms with Crippen LogP contribution in [-0.4, -0.2) is 25.6 Å². The molecule has 0 aromatic rings. The molecule has 0 amide bonds. The lowest BCUT2D eigenvalue weighted by molar-refractivity contribution is 0.779. The molecule has 1 aliphatic carbocycles. The zero-order chi connectivity index (χ0) is 8.10. The molecule has 1 fully saturated rings. The van der Waals surface area contributed by atoms with Gasteiger partial charge in [0.15, 0.2) is 5.96 Å². The van der Waals surface area contributed by atoms with E-state index in [1.807, 2.05) is 7.05 Å². The van der Waals surface area contributed by atoms with Crippen LogP contribution in [0.1, 0.15) is 26.2 Å². The third-order valence-corrected chi connectivity index (χ3v) is 1.68. The van der Waals surface area contributed by atoms with Gasteiger partial charge < -0.3 is 10.6 Å². The van der Waals surface area contributed by atoms with Gasteiger partial charge >= 0.3 is 0 Å². The number of nitrogens with zero attached hydrogens (tertiary/aromatic N) is 1. The highest BCUT2D eigenvalue weighted by Crippen LogP contribution is 2.18. The first-order chi connectivity index (χ1) is 5.36. The first kappa shape index (κ1) is 8.37. The van der Waals surface area contributed by atoms with Gasteiger partial charge in [-0.2, -0.15) is 0 Å². The Morgan fingerprint density at radius 2 is 2.27 bits per heavy atom. The molecule has 0 aromatic carbocycles. The van der Waals surface area contributed by atoms with Crippen LogP contribution in [0.4, 0.5) is 0 Å². The van der Waals surface area contributed by atoms with Gasteiger partial charge in [0.05, 0.1) is 0 Å². The Labute approximate surface area is 68.3 Å². The quantitative estimate of drug-likeness (QED) is 0.465. The van der Waals surface area contributed by atoms with Crippen molar-refractivity contribution in [3.05, 3.63) is 0 Å². The molecule has 0 spiro atoms. The molecule has 0 aliphatic heterocycles. The Hall–Kier alpha value is -0.730. The minimum Gasteiger partial charge on any atom is -0.356 e. The summed E-state index contributed by atoms with van der Waals surface area (Å²) in [5, 5.41) is 6.54. The van der Waals surface area contributed by atoms with Gasteiger partial charge in [0.25, 0.3) is 0 Å². The monoisotopic (exact) mass is 155 g/mol. The summed E-state index contributed by atoms with van der Waals surface area (Å²) in [5.74, 6) is 0.953. The minimum atomic E-state index is 0.693. The Balaban J connectivity index is 2.13. The van der Waals surface area contributed by atoms with Crippen molar-refractivity contribution >= 4 is 5.96 Å². The van der Waals surface area contributed by atoms with E-state index in [0.29, 0.717) is 6.04 Å². The Kier molecular flexibility index (Phi) is 3.20. The number of hydrogen-bond donors (Lipinski definition) is 2. The minimum absolute atomic E-state index is 0.693. The van der Waals surface area contributed by atoms with Gasteiger partial charge in [0.1, 0.15) is 0 Å². The van der Waals surface area contributed by atoms with E-state index in [9.17, 15) is 0 Å². The molecule has 11 heavy (non-hydrogen) atoms. The maximum atomic E-state index is 4.10. The SMILES string of the molecule is CCCNC(=NC)NC1CC1. The fourth-order valence-corrected chi connectivity index (χ4v) is 0.859. The fourth-order valence-electron chi connectivity index (χ4n) is 0.859. The molecule has 2 N–H and O–H groups in total. The molecule has 3 nitrogen and oxygen atoms in total. The third-order valence-electron chi connectivity index (χ3n) is 1.68. The van der Waals surface area contributed by atoms with Crippen LogP contribution >= 0.6 is 0 Å². The molecule has 0 saturated heterocycles. The van der Waals surface area contributed by atoms with Crippen LogP contribution in [0.5, 0.6) is 0 Å². The van der Waals surface area contributed by atoms with Crippen molar-refractivity contribution in [2.75, 3.05) is 13.6 Å². The molecule has 0 heterocycles. The molecule has 0 aromatic heterocycles. The second-order valence-corrected chi connectivity index (χ2v) is 2.92. The number of rotatable bonds is 3. The van der Waals surface area contributed by atoms with E-state index in [0.717, 1.165) is 18.9 Å². The molecule has 64 valence electrons. The lowest BCUT2D eigenvalue weighted by Gasteiger charge is -2.09. The number of aliphatic imine (C=N–C) groups is 1. The normalized spacial score (nSPS) is 18.2. The topological polar surface area (TPSA) is 36.4 Å². The van der Waals surface area contributed by atoms with Crippen LogP contribution in [0.3, 0.4) is 0 Å². The van der Waals surface area contributed by atoms with E-state index in [1.165, 1.54) is 12.8 Å². The molecule has 1 saturated carbocycles. The molecule has 0 radical (unpaired) electrons. The highest BCUT2D eigenvalue weighted by molar-refractivity contribution is 5.80. The first-order valence-electron chi connectivity index (χ1n) is 4.34. The molecular weight excluding hydrogens is 138 g/mol. The zero-order valence-corrected chi connectivity index (χ0v) is 7.35. The standard InChI is InChI=1S/C8H17N3/c1-3-6-10-8(9-2)11-7-4-5-7/h7H,3-6H2,1-2H3,(H2,9,10,11).